The Labute approximate surface area is 194 Å². The summed E-state index contributed by atoms with van der Waals surface area (Å²) >= 11 is 3.42. The summed E-state index contributed by atoms with van der Waals surface area (Å²) in [5, 5.41) is 14.9. The maximum atomic E-state index is 12.2. The lowest BCUT2D eigenvalue weighted by Crippen LogP contribution is -2.18. The molecule has 0 fully saturated rings. The van der Waals surface area contributed by atoms with Crippen molar-refractivity contribution in [3.05, 3.63) is 88.9 Å². The summed E-state index contributed by atoms with van der Waals surface area (Å²) in [6, 6.07) is 27.1. The first-order chi connectivity index (χ1) is 15.7. The van der Waals surface area contributed by atoms with Gasteiger partial charge in [-0.2, -0.15) is 5.10 Å². The van der Waals surface area contributed by atoms with Gasteiger partial charge in [-0.15, -0.1) is 0 Å². The van der Waals surface area contributed by atoms with E-state index < -0.39 is 0 Å². The summed E-state index contributed by atoms with van der Waals surface area (Å²) < 4.78 is 1.05. The Balaban J connectivity index is 1.25. The van der Waals surface area contributed by atoms with Crippen LogP contribution < -0.4 is 10.7 Å². The standard InChI is InChI=1S/C27H22BrN3O/c28-22-11-13-23(14-12-22)29-15-3-8-25(32)31-30-17-21-16-20-6-1-4-18-9-10-19-5-2-7-24(21)27(19)26(18)20/h1-2,4-7,9-14,16-17,29H,3,8,15H2,(H,31,32). The largest absolute Gasteiger partial charge is 0.385 e. The van der Waals surface area contributed by atoms with Crippen molar-refractivity contribution in [3.8, 4) is 0 Å². The first kappa shape index (κ1) is 20.5. The van der Waals surface area contributed by atoms with E-state index >= 15 is 0 Å². The van der Waals surface area contributed by atoms with Crippen LogP contribution in [0.3, 0.4) is 0 Å². The quantitative estimate of drug-likeness (QED) is 0.117. The van der Waals surface area contributed by atoms with Crippen LogP contribution in [0, 0.1) is 0 Å². The number of halogens is 1. The van der Waals surface area contributed by atoms with E-state index in [0.29, 0.717) is 6.42 Å². The Kier molecular flexibility index (Phi) is 5.73. The van der Waals surface area contributed by atoms with Crippen LogP contribution in [0.1, 0.15) is 18.4 Å². The van der Waals surface area contributed by atoms with Crippen molar-refractivity contribution < 1.29 is 4.79 Å². The normalized spacial score (nSPS) is 11.7. The summed E-state index contributed by atoms with van der Waals surface area (Å²) in [6.45, 7) is 0.729. The third-order valence-electron chi connectivity index (χ3n) is 5.69. The van der Waals surface area contributed by atoms with Gasteiger partial charge >= 0.3 is 0 Å². The number of nitrogens with one attached hydrogen (secondary N) is 2. The molecular weight excluding hydrogens is 462 g/mol. The van der Waals surface area contributed by atoms with Gasteiger partial charge in [0.25, 0.3) is 0 Å². The smallest absolute Gasteiger partial charge is 0.240 e. The van der Waals surface area contributed by atoms with Crippen LogP contribution in [0.2, 0.25) is 0 Å². The zero-order chi connectivity index (χ0) is 21.9. The summed E-state index contributed by atoms with van der Waals surface area (Å²) in [4.78, 5) is 12.2. The van der Waals surface area contributed by atoms with E-state index in [1.165, 1.54) is 26.9 Å². The summed E-state index contributed by atoms with van der Waals surface area (Å²) in [5.74, 6) is -0.0871. The number of anilines is 1. The number of hydrazone groups is 1. The van der Waals surface area contributed by atoms with Crippen molar-refractivity contribution in [3.63, 3.8) is 0 Å². The molecule has 0 aliphatic rings. The molecule has 0 saturated carbocycles. The number of hydrogen-bond acceptors (Lipinski definition) is 3. The van der Waals surface area contributed by atoms with Gasteiger partial charge in [0.1, 0.15) is 0 Å². The van der Waals surface area contributed by atoms with Crippen LogP contribution in [0.4, 0.5) is 5.69 Å². The van der Waals surface area contributed by atoms with Gasteiger partial charge in [0.15, 0.2) is 0 Å². The van der Waals surface area contributed by atoms with E-state index in [-0.39, 0.29) is 5.91 Å². The van der Waals surface area contributed by atoms with Gasteiger partial charge in [-0.05, 0) is 69.1 Å². The molecule has 4 nitrogen and oxygen atoms in total. The van der Waals surface area contributed by atoms with E-state index in [1.807, 2.05) is 24.3 Å². The molecule has 0 radical (unpaired) electrons. The Morgan fingerprint density at radius 3 is 2.41 bits per heavy atom. The maximum Gasteiger partial charge on any atom is 0.240 e. The van der Waals surface area contributed by atoms with Crippen molar-refractivity contribution in [2.75, 3.05) is 11.9 Å². The van der Waals surface area contributed by atoms with Gasteiger partial charge in [0, 0.05) is 28.7 Å². The van der Waals surface area contributed by atoms with Gasteiger partial charge in [-0.25, -0.2) is 5.43 Å². The van der Waals surface area contributed by atoms with Gasteiger partial charge in [-0.1, -0.05) is 64.5 Å². The summed E-state index contributed by atoms with van der Waals surface area (Å²) in [5.41, 5.74) is 4.71. The van der Waals surface area contributed by atoms with E-state index in [0.717, 1.165) is 34.1 Å². The SMILES string of the molecule is O=C(CCCNc1ccc(Br)cc1)NN=Cc1cc2cccc3ccc4cccc1c4c32. The van der Waals surface area contributed by atoms with Crippen molar-refractivity contribution in [1.82, 2.24) is 5.43 Å². The van der Waals surface area contributed by atoms with Gasteiger partial charge in [0.2, 0.25) is 5.91 Å². The molecule has 5 aromatic rings. The molecule has 5 heteroatoms. The fraction of sp³-hybridized carbons (Fsp3) is 0.111. The van der Waals surface area contributed by atoms with E-state index in [9.17, 15) is 4.79 Å². The molecule has 5 aromatic carbocycles. The topological polar surface area (TPSA) is 53.5 Å². The minimum Gasteiger partial charge on any atom is -0.385 e. The summed E-state index contributed by atoms with van der Waals surface area (Å²) in [7, 11) is 0. The zero-order valence-electron chi connectivity index (χ0n) is 17.4. The molecule has 0 aliphatic heterocycles. The van der Waals surface area contributed by atoms with Crippen LogP contribution in [-0.2, 0) is 4.79 Å². The highest BCUT2D eigenvalue weighted by Crippen LogP contribution is 2.35. The molecular formula is C27H22BrN3O. The molecule has 1 amide bonds. The van der Waals surface area contributed by atoms with Crippen LogP contribution in [0.15, 0.2) is 88.4 Å². The van der Waals surface area contributed by atoms with Gasteiger partial charge in [0.05, 0.1) is 6.21 Å². The number of nitrogens with zero attached hydrogens (tertiary/aromatic N) is 1. The number of rotatable bonds is 7. The molecule has 0 atom stereocenters. The molecule has 0 heterocycles. The highest BCUT2D eigenvalue weighted by Gasteiger charge is 2.10. The fourth-order valence-corrected chi connectivity index (χ4v) is 4.44. The van der Waals surface area contributed by atoms with Crippen LogP contribution in [-0.4, -0.2) is 18.7 Å². The van der Waals surface area contributed by atoms with Crippen molar-refractivity contribution >= 4 is 66.1 Å². The van der Waals surface area contributed by atoms with Crippen molar-refractivity contribution in [1.29, 1.82) is 0 Å². The third kappa shape index (κ3) is 4.16. The lowest BCUT2D eigenvalue weighted by atomic mass is 9.92. The zero-order valence-corrected chi connectivity index (χ0v) is 19.0. The number of amides is 1. The van der Waals surface area contributed by atoms with E-state index in [4.69, 9.17) is 0 Å². The van der Waals surface area contributed by atoms with E-state index in [2.05, 4.69) is 86.4 Å². The lowest BCUT2D eigenvalue weighted by molar-refractivity contribution is -0.121. The van der Waals surface area contributed by atoms with Crippen molar-refractivity contribution in [2.45, 2.75) is 12.8 Å². The van der Waals surface area contributed by atoms with Crippen LogP contribution in [0.25, 0.3) is 32.3 Å². The average Bonchev–Trinajstić information content (AvgIpc) is 2.82. The maximum absolute atomic E-state index is 12.2. The molecule has 0 aromatic heterocycles. The fourth-order valence-electron chi connectivity index (χ4n) is 4.18. The van der Waals surface area contributed by atoms with E-state index in [1.54, 1.807) is 6.21 Å². The highest BCUT2D eigenvalue weighted by atomic mass is 79.9. The first-order valence-corrected chi connectivity index (χ1v) is 11.5. The first-order valence-electron chi connectivity index (χ1n) is 10.7. The molecule has 32 heavy (non-hydrogen) atoms. The van der Waals surface area contributed by atoms with Gasteiger partial charge < -0.3 is 5.32 Å². The number of carbonyl (C=O) groups excluding carboxylic acids is 1. The third-order valence-corrected chi connectivity index (χ3v) is 6.22. The average molecular weight is 484 g/mol. The Bertz CT molecular complexity index is 1430. The van der Waals surface area contributed by atoms with Crippen molar-refractivity contribution in [2.24, 2.45) is 5.10 Å². The molecule has 0 saturated heterocycles. The Morgan fingerprint density at radius 2 is 1.59 bits per heavy atom. The predicted molar refractivity (Wildman–Crippen MR) is 138 cm³/mol. The Morgan fingerprint density at radius 1 is 0.875 bits per heavy atom. The van der Waals surface area contributed by atoms with Crippen LogP contribution in [0.5, 0.6) is 0 Å². The number of hydrogen-bond donors (Lipinski definition) is 2. The molecule has 0 spiro atoms. The monoisotopic (exact) mass is 483 g/mol. The van der Waals surface area contributed by atoms with Gasteiger partial charge in [-0.3, -0.25) is 4.79 Å². The highest BCUT2D eigenvalue weighted by molar-refractivity contribution is 9.10. The predicted octanol–water partition coefficient (Wildman–Crippen LogP) is 6.69. The number of benzene rings is 5. The number of carbonyl (C=O) groups is 1. The van der Waals surface area contributed by atoms with Crippen LogP contribution >= 0.6 is 15.9 Å². The molecule has 0 bridgehead atoms. The second-order valence-electron chi connectivity index (χ2n) is 7.84. The second-order valence-corrected chi connectivity index (χ2v) is 8.76. The molecule has 2 N–H and O–H groups in total. The Hall–Kier alpha value is -3.44. The molecule has 5 rings (SSSR count). The minimum absolute atomic E-state index is 0.0871. The molecule has 0 aliphatic carbocycles. The molecule has 0 unspecified atom stereocenters. The minimum atomic E-state index is -0.0871. The lowest BCUT2D eigenvalue weighted by Gasteiger charge is -2.12. The second kappa shape index (κ2) is 8.97. The summed E-state index contributed by atoms with van der Waals surface area (Å²) in [6.07, 6.45) is 2.90. The molecule has 158 valence electrons.